The summed E-state index contributed by atoms with van der Waals surface area (Å²) in [4.78, 5) is 15.8. The number of rotatable bonds is 4. The van der Waals surface area contributed by atoms with E-state index in [2.05, 4.69) is 30.1 Å². The van der Waals surface area contributed by atoms with Crippen molar-refractivity contribution in [1.29, 1.82) is 0 Å². The average molecular weight is 204 g/mol. The van der Waals surface area contributed by atoms with E-state index in [1.54, 1.807) is 6.08 Å². The predicted octanol–water partition coefficient (Wildman–Crippen LogP) is 2.15. The third-order valence-electron chi connectivity index (χ3n) is 2.35. The van der Waals surface area contributed by atoms with Gasteiger partial charge in [-0.15, -0.1) is 0 Å². The molecule has 0 unspecified atom stereocenters. The van der Waals surface area contributed by atoms with Crippen LogP contribution in [0.4, 0.5) is 5.69 Å². The van der Waals surface area contributed by atoms with Gasteiger partial charge in [0.15, 0.2) is 0 Å². The molecular formula is C12H16N2O. The molecule has 0 atom stereocenters. The van der Waals surface area contributed by atoms with Crippen LogP contribution in [0.3, 0.4) is 0 Å². The quantitative estimate of drug-likeness (QED) is 0.556. The third-order valence-corrected chi connectivity index (χ3v) is 2.35. The summed E-state index contributed by atoms with van der Waals surface area (Å²) in [5.41, 5.74) is 3.44. The van der Waals surface area contributed by atoms with Gasteiger partial charge in [-0.2, -0.15) is 0 Å². The Labute approximate surface area is 90.4 Å². The lowest BCUT2D eigenvalue weighted by Crippen LogP contribution is -2.11. The number of benzene rings is 1. The minimum absolute atomic E-state index is 0.408. The normalized spacial score (nSPS) is 9.53. The molecule has 80 valence electrons. The maximum Gasteiger partial charge on any atom is 0.235 e. The fourth-order valence-corrected chi connectivity index (χ4v) is 1.54. The van der Waals surface area contributed by atoms with Crippen molar-refractivity contribution in [3.05, 3.63) is 29.3 Å². The van der Waals surface area contributed by atoms with Crippen molar-refractivity contribution in [3.63, 3.8) is 0 Å². The molecule has 3 nitrogen and oxygen atoms in total. The second-order valence-electron chi connectivity index (χ2n) is 3.62. The first-order valence-electron chi connectivity index (χ1n) is 5.01. The molecule has 0 spiro atoms. The summed E-state index contributed by atoms with van der Waals surface area (Å²) in [6.07, 6.45) is 2.57. The van der Waals surface area contributed by atoms with Gasteiger partial charge < -0.3 is 4.90 Å². The van der Waals surface area contributed by atoms with Crippen LogP contribution in [0.25, 0.3) is 0 Å². The van der Waals surface area contributed by atoms with Gasteiger partial charge in [0.05, 0.1) is 6.54 Å². The molecule has 0 fully saturated rings. The first-order valence-corrected chi connectivity index (χ1v) is 5.01. The smallest absolute Gasteiger partial charge is 0.235 e. The predicted molar refractivity (Wildman–Crippen MR) is 62.0 cm³/mol. The first-order chi connectivity index (χ1) is 7.19. The van der Waals surface area contributed by atoms with Crippen LogP contribution >= 0.6 is 0 Å². The van der Waals surface area contributed by atoms with Crippen LogP contribution in [0.15, 0.2) is 23.2 Å². The Morgan fingerprint density at radius 3 is 2.67 bits per heavy atom. The fraction of sp³-hybridized carbons (Fsp3) is 0.417. The number of isocyanates is 1. The second-order valence-corrected chi connectivity index (χ2v) is 3.62. The molecule has 15 heavy (non-hydrogen) atoms. The van der Waals surface area contributed by atoms with Gasteiger partial charge in [0, 0.05) is 19.8 Å². The van der Waals surface area contributed by atoms with E-state index in [9.17, 15) is 4.79 Å². The average Bonchev–Trinajstić information content (AvgIpc) is 2.25. The Hall–Kier alpha value is -1.60. The maximum atomic E-state index is 10.1. The zero-order valence-electron chi connectivity index (χ0n) is 9.45. The van der Waals surface area contributed by atoms with Crippen LogP contribution in [0.5, 0.6) is 0 Å². The fourth-order valence-electron chi connectivity index (χ4n) is 1.54. The molecule has 0 heterocycles. The Kier molecular flexibility index (Phi) is 4.07. The minimum atomic E-state index is 0.408. The van der Waals surface area contributed by atoms with Gasteiger partial charge in [0.25, 0.3) is 0 Å². The van der Waals surface area contributed by atoms with Crippen molar-refractivity contribution in [2.45, 2.75) is 19.9 Å². The van der Waals surface area contributed by atoms with E-state index in [-0.39, 0.29) is 0 Å². The molecule has 0 N–H and O–H groups in total. The molecule has 0 aliphatic rings. The number of aliphatic imine (C=N–C) groups is 1. The van der Waals surface area contributed by atoms with E-state index in [1.165, 1.54) is 5.56 Å². The minimum Gasteiger partial charge on any atom is -0.377 e. The highest BCUT2D eigenvalue weighted by molar-refractivity contribution is 5.54. The molecule has 1 aromatic carbocycles. The van der Waals surface area contributed by atoms with Crippen LogP contribution < -0.4 is 4.90 Å². The molecule has 0 saturated carbocycles. The van der Waals surface area contributed by atoms with E-state index in [0.717, 1.165) is 17.7 Å². The molecule has 0 aliphatic carbocycles. The highest BCUT2D eigenvalue weighted by Crippen LogP contribution is 2.21. The van der Waals surface area contributed by atoms with Crippen molar-refractivity contribution in [1.82, 2.24) is 0 Å². The van der Waals surface area contributed by atoms with Gasteiger partial charge in [-0.25, -0.2) is 9.79 Å². The third kappa shape index (κ3) is 2.93. The Bertz CT molecular complexity index is 379. The molecule has 0 aliphatic heterocycles. The molecule has 0 radical (unpaired) electrons. The van der Waals surface area contributed by atoms with E-state index in [0.29, 0.717) is 6.54 Å². The lowest BCUT2D eigenvalue weighted by molar-refractivity contribution is 0.563. The summed E-state index contributed by atoms with van der Waals surface area (Å²) in [5, 5.41) is 0. The molecule has 0 bridgehead atoms. The van der Waals surface area contributed by atoms with Crippen LogP contribution in [-0.4, -0.2) is 20.2 Å². The summed E-state index contributed by atoms with van der Waals surface area (Å²) in [7, 11) is 3.96. The summed E-state index contributed by atoms with van der Waals surface area (Å²) in [6, 6.07) is 6.26. The van der Waals surface area contributed by atoms with Gasteiger partial charge >= 0.3 is 0 Å². The SMILES string of the molecule is CCc1ccc(N(C)C)c(CN=C=O)c1. The standard InChI is InChI=1S/C12H16N2O/c1-4-10-5-6-12(14(2)3)11(7-10)8-13-9-15/h5-7H,4,8H2,1-3H3. The number of carbonyl (C=O) groups excluding carboxylic acids is 1. The zero-order chi connectivity index (χ0) is 11.3. The van der Waals surface area contributed by atoms with Crippen molar-refractivity contribution in [2.75, 3.05) is 19.0 Å². The molecule has 1 aromatic rings. The number of hydrogen-bond donors (Lipinski definition) is 0. The topological polar surface area (TPSA) is 32.7 Å². The molecule has 0 saturated heterocycles. The lowest BCUT2D eigenvalue weighted by atomic mass is 10.1. The highest BCUT2D eigenvalue weighted by Gasteiger charge is 2.04. The summed E-state index contributed by atoms with van der Waals surface area (Å²) < 4.78 is 0. The van der Waals surface area contributed by atoms with Gasteiger partial charge in [0.2, 0.25) is 6.08 Å². The summed E-state index contributed by atoms with van der Waals surface area (Å²) in [5.74, 6) is 0. The van der Waals surface area contributed by atoms with Crippen molar-refractivity contribution in [2.24, 2.45) is 4.99 Å². The Morgan fingerprint density at radius 2 is 2.13 bits per heavy atom. The monoisotopic (exact) mass is 204 g/mol. The number of aryl methyl sites for hydroxylation is 1. The largest absolute Gasteiger partial charge is 0.377 e. The number of nitrogens with zero attached hydrogens (tertiary/aromatic N) is 2. The molecular weight excluding hydrogens is 188 g/mol. The Morgan fingerprint density at radius 1 is 1.40 bits per heavy atom. The second kappa shape index (κ2) is 5.32. The van der Waals surface area contributed by atoms with Gasteiger partial charge in [-0.1, -0.05) is 19.1 Å². The van der Waals surface area contributed by atoms with Crippen LogP contribution in [0.2, 0.25) is 0 Å². The summed E-state index contributed by atoms with van der Waals surface area (Å²) in [6.45, 7) is 2.52. The highest BCUT2D eigenvalue weighted by atomic mass is 16.1. The van der Waals surface area contributed by atoms with E-state index in [1.807, 2.05) is 19.0 Å². The summed E-state index contributed by atoms with van der Waals surface area (Å²) >= 11 is 0. The van der Waals surface area contributed by atoms with Crippen LogP contribution in [0.1, 0.15) is 18.1 Å². The van der Waals surface area contributed by atoms with Crippen LogP contribution in [-0.2, 0) is 17.8 Å². The Balaban J connectivity index is 3.09. The van der Waals surface area contributed by atoms with E-state index in [4.69, 9.17) is 0 Å². The molecule has 3 heteroatoms. The maximum absolute atomic E-state index is 10.1. The van der Waals surface area contributed by atoms with Crippen molar-refractivity contribution >= 4 is 11.8 Å². The van der Waals surface area contributed by atoms with Gasteiger partial charge in [-0.3, -0.25) is 0 Å². The lowest BCUT2D eigenvalue weighted by Gasteiger charge is -2.17. The number of anilines is 1. The van der Waals surface area contributed by atoms with Gasteiger partial charge in [0.1, 0.15) is 0 Å². The molecule has 0 amide bonds. The van der Waals surface area contributed by atoms with E-state index < -0.39 is 0 Å². The first kappa shape index (κ1) is 11.5. The van der Waals surface area contributed by atoms with Crippen LogP contribution in [0, 0.1) is 0 Å². The van der Waals surface area contributed by atoms with E-state index >= 15 is 0 Å². The van der Waals surface area contributed by atoms with Crippen molar-refractivity contribution < 1.29 is 4.79 Å². The zero-order valence-corrected chi connectivity index (χ0v) is 9.45. The molecule has 0 aromatic heterocycles. The van der Waals surface area contributed by atoms with Crippen molar-refractivity contribution in [3.8, 4) is 0 Å². The van der Waals surface area contributed by atoms with Gasteiger partial charge in [-0.05, 0) is 23.6 Å². The number of hydrogen-bond acceptors (Lipinski definition) is 3. The molecule has 1 rings (SSSR count).